The summed E-state index contributed by atoms with van der Waals surface area (Å²) in [5.74, 6) is 0.841. The number of anilines is 1. The van der Waals surface area contributed by atoms with Gasteiger partial charge in [-0.25, -0.2) is 13.6 Å². The predicted octanol–water partition coefficient (Wildman–Crippen LogP) is 4.90. The Labute approximate surface area is 180 Å². The maximum atomic E-state index is 11.9. The van der Waals surface area contributed by atoms with E-state index in [1.165, 1.54) is 62.3 Å². The Hall–Kier alpha value is -1.02. The third kappa shape index (κ3) is 5.78. The molecule has 3 N–H and O–H groups in total. The van der Waals surface area contributed by atoms with Crippen molar-refractivity contribution in [2.75, 3.05) is 4.90 Å². The van der Waals surface area contributed by atoms with E-state index in [1.54, 1.807) is 0 Å². The van der Waals surface area contributed by atoms with Gasteiger partial charge in [0.05, 0.1) is 5.37 Å². The zero-order valence-electron chi connectivity index (χ0n) is 17.9. The number of para-hydroxylation sites is 1. The molecule has 1 unspecified atom stereocenters. The second-order valence-electron chi connectivity index (χ2n) is 8.51. The number of benzene rings is 1. The molecule has 0 radical (unpaired) electrons. The highest BCUT2D eigenvalue weighted by Gasteiger charge is 2.34. The number of nitrogens with two attached hydrogens (primary N) is 1. The molecule has 1 fully saturated rings. The molecule has 162 valence electrons. The van der Waals surface area contributed by atoms with Gasteiger partial charge in [-0.2, -0.15) is 0 Å². The summed E-state index contributed by atoms with van der Waals surface area (Å²) in [4.78, 5) is 2.09. The number of nitrogens with one attached hydrogen (secondary N) is 1. The molecule has 5 nitrogen and oxygen atoms in total. The van der Waals surface area contributed by atoms with E-state index in [4.69, 9.17) is 5.14 Å². The molecule has 2 aliphatic rings. The summed E-state index contributed by atoms with van der Waals surface area (Å²) in [6.45, 7) is 6.92. The first-order chi connectivity index (χ1) is 13.8. The van der Waals surface area contributed by atoms with Crippen LogP contribution in [-0.2, 0) is 16.6 Å². The fraction of sp³-hybridized carbons (Fsp3) is 0.636. The smallest absolute Gasteiger partial charge is 0.245 e. The third-order valence-corrected chi connectivity index (χ3v) is 8.97. The monoisotopic (exact) mass is 437 g/mol. The lowest BCUT2D eigenvalue weighted by Gasteiger charge is -2.28. The second kappa shape index (κ2) is 9.86. The second-order valence-corrected chi connectivity index (χ2v) is 11.6. The van der Waals surface area contributed by atoms with Crippen molar-refractivity contribution in [2.45, 2.75) is 83.7 Å². The topological polar surface area (TPSA) is 75.4 Å². The molecule has 0 saturated heterocycles. The standard InChI is InChI=1S/C22H35N3O2S2/c1-16(14-19-10-6-4-5-7-11-19)24-15-20-12-8-9-13-21(20)25-17(2)22(28-18(25)3)29(23,26)27/h8-9,12-13,16,18-19,24H,4-7,10-11,14-15H2,1-3H3,(H2,23,26,27)/t16-,18?/m0/s1. The first kappa shape index (κ1) is 22.7. The third-order valence-electron chi connectivity index (χ3n) is 6.11. The number of hydrogen-bond donors (Lipinski definition) is 2. The van der Waals surface area contributed by atoms with Crippen LogP contribution in [0.1, 0.15) is 71.3 Å². The number of hydrogen-bond acceptors (Lipinski definition) is 5. The van der Waals surface area contributed by atoms with Crippen LogP contribution in [0.4, 0.5) is 5.69 Å². The average molecular weight is 438 g/mol. The molecule has 1 aliphatic heterocycles. The van der Waals surface area contributed by atoms with Crippen molar-refractivity contribution in [3.8, 4) is 0 Å². The highest BCUT2D eigenvalue weighted by molar-refractivity contribution is 8.18. The largest absolute Gasteiger partial charge is 0.331 e. The van der Waals surface area contributed by atoms with Crippen LogP contribution in [0.2, 0.25) is 0 Å². The number of thioether (sulfide) groups is 1. The molecule has 0 aromatic heterocycles. The van der Waals surface area contributed by atoms with Gasteiger partial charge in [0.15, 0.2) is 0 Å². The number of nitrogens with zero attached hydrogens (tertiary/aromatic N) is 1. The molecule has 7 heteroatoms. The summed E-state index contributed by atoms with van der Waals surface area (Å²) in [6.07, 6.45) is 9.51. The minimum absolute atomic E-state index is 0.00659. The minimum Gasteiger partial charge on any atom is -0.331 e. The number of allylic oxidation sites excluding steroid dienone is 1. The molecule has 0 bridgehead atoms. The van der Waals surface area contributed by atoms with Crippen LogP contribution in [0, 0.1) is 5.92 Å². The fourth-order valence-electron chi connectivity index (χ4n) is 4.68. The van der Waals surface area contributed by atoms with Gasteiger partial charge in [0.2, 0.25) is 10.0 Å². The summed E-state index contributed by atoms with van der Waals surface area (Å²) in [7, 11) is -3.70. The molecule has 1 aromatic rings. The summed E-state index contributed by atoms with van der Waals surface area (Å²) in [5, 5.41) is 9.13. The van der Waals surface area contributed by atoms with Crippen LogP contribution < -0.4 is 15.4 Å². The molecule has 1 saturated carbocycles. The van der Waals surface area contributed by atoms with Crippen LogP contribution >= 0.6 is 11.8 Å². The van der Waals surface area contributed by atoms with Gasteiger partial charge >= 0.3 is 0 Å². The first-order valence-corrected chi connectivity index (χ1v) is 13.2. The quantitative estimate of drug-likeness (QED) is 0.593. The predicted molar refractivity (Wildman–Crippen MR) is 124 cm³/mol. The van der Waals surface area contributed by atoms with Crippen LogP contribution in [0.25, 0.3) is 0 Å². The van der Waals surface area contributed by atoms with Crippen molar-refractivity contribution < 1.29 is 8.42 Å². The zero-order valence-corrected chi connectivity index (χ0v) is 19.5. The average Bonchev–Trinajstić information content (AvgIpc) is 2.83. The molecule has 1 heterocycles. The Morgan fingerprint density at radius 3 is 2.48 bits per heavy atom. The van der Waals surface area contributed by atoms with E-state index >= 15 is 0 Å². The van der Waals surface area contributed by atoms with Gasteiger partial charge in [0.25, 0.3) is 0 Å². The molecular formula is C22H35N3O2S2. The SMILES string of the molecule is CC1=C(S(N)(=O)=O)SC(C)N1c1ccccc1CN[C@@H](C)CC1CCCCCC1. The fourth-order valence-corrected chi connectivity index (χ4v) is 7.10. The Kier molecular flexibility index (Phi) is 7.70. The van der Waals surface area contributed by atoms with Crippen LogP contribution in [0.3, 0.4) is 0 Å². The van der Waals surface area contributed by atoms with E-state index in [2.05, 4.69) is 29.3 Å². The maximum absolute atomic E-state index is 11.9. The van der Waals surface area contributed by atoms with Crippen LogP contribution in [0.15, 0.2) is 34.2 Å². The van der Waals surface area contributed by atoms with Crippen molar-refractivity contribution in [2.24, 2.45) is 11.1 Å². The van der Waals surface area contributed by atoms with Crippen LogP contribution in [-0.4, -0.2) is 19.8 Å². The van der Waals surface area contributed by atoms with E-state index in [0.29, 0.717) is 11.7 Å². The van der Waals surface area contributed by atoms with Gasteiger partial charge in [0.1, 0.15) is 4.24 Å². The normalized spacial score (nSPS) is 22.8. The molecular weight excluding hydrogens is 402 g/mol. The van der Waals surface area contributed by atoms with Crippen molar-refractivity contribution in [3.63, 3.8) is 0 Å². The first-order valence-electron chi connectivity index (χ1n) is 10.8. The van der Waals surface area contributed by atoms with Crippen molar-refractivity contribution in [3.05, 3.63) is 39.8 Å². The Morgan fingerprint density at radius 2 is 1.86 bits per heavy atom. The van der Waals surface area contributed by atoms with Crippen molar-refractivity contribution in [1.82, 2.24) is 5.32 Å². The molecule has 29 heavy (non-hydrogen) atoms. The van der Waals surface area contributed by atoms with Gasteiger partial charge in [-0.05, 0) is 44.7 Å². The summed E-state index contributed by atoms with van der Waals surface area (Å²) in [5.41, 5.74) is 2.95. The summed E-state index contributed by atoms with van der Waals surface area (Å²) >= 11 is 1.31. The van der Waals surface area contributed by atoms with Gasteiger partial charge < -0.3 is 10.2 Å². The highest BCUT2D eigenvalue weighted by atomic mass is 32.3. The van der Waals surface area contributed by atoms with E-state index in [9.17, 15) is 8.42 Å². The molecule has 0 spiro atoms. The van der Waals surface area contributed by atoms with Gasteiger partial charge in [0, 0.05) is 24.0 Å². The van der Waals surface area contributed by atoms with Crippen molar-refractivity contribution in [1.29, 1.82) is 0 Å². The minimum atomic E-state index is -3.70. The van der Waals surface area contributed by atoms with E-state index in [1.807, 2.05) is 26.0 Å². The molecule has 1 aliphatic carbocycles. The lowest BCUT2D eigenvalue weighted by molar-refractivity contribution is 0.363. The van der Waals surface area contributed by atoms with E-state index in [-0.39, 0.29) is 9.61 Å². The number of sulfonamides is 1. The van der Waals surface area contributed by atoms with Gasteiger partial charge in [-0.1, -0.05) is 68.5 Å². The highest BCUT2D eigenvalue weighted by Crippen LogP contribution is 2.43. The Balaban J connectivity index is 1.70. The van der Waals surface area contributed by atoms with E-state index < -0.39 is 10.0 Å². The zero-order chi connectivity index (χ0) is 21.0. The van der Waals surface area contributed by atoms with Crippen molar-refractivity contribution >= 4 is 27.5 Å². The lowest BCUT2D eigenvalue weighted by Crippen LogP contribution is -2.30. The molecule has 1 aromatic carbocycles. The van der Waals surface area contributed by atoms with Gasteiger partial charge in [-0.15, -0.1) is 0 Å². The maximum Gasteiger partial charge on any atom is 0.245 e. The lowest BCUT2D eigenvalue weighted by atomic mass is 9.93. The van der Waals surface area contributed by atoms with Gasteiger partial charge in [-0.3, -0.25) is 0 Å². The molecule has 0 amide bonds. The Bertz CT molecular complexity index is 830. The van der Waals surface area contributed by atoms with E-state index in [0.717, 1.165) is 18.2 Å². The molecule has 3 rings (SSSR count). The number of primary sulfonamides is 1. The van der Waals surface area contributed by atoms with Crippen LogP contribution in [0.5, 0.6) is 0 Å². The summed E-state index contributed by atoms with van der Waals surface area (Å²) < 4.78 is 24.2. The number of rotatable bonds is 7. The molecule has 2 atom stereocenters. The Morgan fingerprint density at radius 1 is 1.21 bits per heavy atom. The summed E-state index contributed by atoms with van der Waals surface area (Å²) in [6, 6.07) is 8.71.